The highest BCUT2D eigenvalue weighted by atomic mass is 32.2. The molecule has 1 aromatic carbocycles. The van der Waals surface area contributed by atoms with E-state index in [-0.39, 0.29) is 17.0 Å². The number of halogens is 4. The van der Waals surface area contributed by atoms with E-state index in [1.807, 2.05) is 13.8 Å². The van der Waals surface area contributed by atoms with E-state index in [1.165, 1.54) is 6.92 Å². The first-order chi connectivity index (χ1) is 9.52. The fraction of sp³-hybridized carbons (Fsp3) is 0.571. The molecule has 1 rings (SSSR count). The molecule has 1 aromatic rings. The number of hydrogen-bond donors (Lipinski definition) is 1. The van der Waals surface area contributed by atoms with E-state index in [0.29, 0.717) is 11.8 Å². The molecule has 0 aliphatic rings. The van der Waals surface area contributed by atoms with Gasteiger partial charge < -0.3 is 4.55 Å². The first kappa shape index (κ1) is 18.3. The Morgan fingerprint density at radius 3 is 2.29 bits per heavy atom. The molecular weight excluding hydrogens is 306 g/mol. The summed E-state index contributed by atoms with van der Waals surface area (Å²) in [6.07, 6.45) is -4.61. The number of alkyl halides is 3. The van der Waals surface area contributed by atoms with Crippen molar-refractivity contribution in [3.8, 4) is 0 Å². The smallest absolute Gasteiger partial charge is 0.416 e. The topological polar surface area (TPSA) is 35.1 Å². The summed E-state index contributed by atoms with van der Waals surface area (Å²) >= 11 is -1.38. The molecule has 0 aromatic heterocycles. The summed E-state index contributed by atoms with van der Waals surface area (Å²) in [5.41, 5.74) is -0.884. The lowest BCUT2D eigenvalue weighted by molar-refractivity contribution is -0.138. The molecular formula is C14H19F4NOS. The van der Waals surface area contributed by atoms with Crippen molar-refractivity contribution < 1.29 is 22.1 Å². The Kier molecular flexibility index (Phi) is 6.07. The van der Waals surface area contributed by atoms with Gasteiger partial charge in [-0.2, -0.15) is 13.2 Å². The minimum absolute atomic E-state index is 0.0505. The molecule has 2 nitrogen and oxygen atoms in total. The van der Waals surface area contributed by atoms with Gasteiger partial charge >= 0.3 is 6.18 Å². The Morgan fingerprint density at radius 1 is 1.24 bits per heavy atom. The highest BCUT2D eigenvalue weighted by molar-refractivity contribution is 7.89. The molecule has 1 N–H and O–H groups in total. The van der Waals surface area contributed by atoms with Crippen molar-refractivity contribution in [1.29, 1.82) is 0 Å². The van der Waals surface area contributed by atoms with E-state index >= 15 is 0 Å². The molecule has 7 heteroatoms. The van der Waals surface area contributed by atoms with Gasteiger partial charge in [-0.3, -0.25) is 0 Å². The Labute approximate surface area is 125 Å². The molecule has 0 fully saturated rings. The summed E-state index contributed by atoms with van der Waals surface area (Å²) in [5, 5.41) is 0. The zero-order valence-corrected chi connectivity index (χ0v) is 13.2. The third-order valence-corrected chi connectivity index (χ3v) is 4.56. The summed E-state index contributed by atoms with van der Waals surface area (Å²) in [5.74, 6) is -0.388. The standard InChI is InChI=1S/C14H19F4NOS/c1-8(2)7-21(20)19-10(4)12-5-11(15)6-13(9(12)3)14(16,17)18/h5-6,8,10,19H,7H2,1-4H3/t10-,21?/m1/s1. The SMILES string of the molecule is Cc1c([C@@H](C)N[S+]([O-])CC(C)C)cc(F)cc1C(F)(F)F. The lowest BCUT2D eigenvalue weighted by Crippen LogP contribution is -2.31. The Bertz CT molecular complexity index is 491. The monoisotopic (exact) mass is 325 g/mol. The largest absolute Gasteiger partial charge is 0.598 e. The van der Waals surface area contributed by atoms with E-state index in [4.69, 9.17) is 0 Å². The van der Waals surface area contributed by atoms with Crippen LogP contribution in [0.4, 0.5) is 17.6 Å². The van der Waals surface area contributed by atoms with Crippen LogP contribution in [0, 0.1) is 18.7 Å². The molecule has 0 amide bonds. The maximum atomic E-state index is 13.4. The van der Waals surface area contributed by atoms with Gasteiger partial charge in [0, 0.05) is 11.4 Å². The van der Waals surface area contributed by atoms with Crippen LogP contribution in [-0.4, -0.2) is 10.3 Å². The average Bonchev–Trinajstić information content (AvgIpc) is 2.28. The van der Waals surface area contributed by atoms with Gasteiger partial charge in [0.15, 0.2) is 0 Å². The molecule has 0 heterocycles. The van der Waals surface area contributed by atoms with E-state index in [1.54, 1.807) is 6.92 Å². The van der Waals surface area contributed by atoms with Crippen molar-refractivity contribution in [2.75, 3.05) is 5.75 Å². The van der Waals surface area contributed by atoms with Crippen LogP contribution in [0.5, 0.6) is 0 Å². The van der Waals surface area contributed by atoms with Crippen molar-refractivity contribution in [2.24, 2.45) is 5.92 Å². The van der Waals surface area contributed by atoms with Crippen molar-refractivity contribution in [3.63, 3.8) is 0 Å². The fourth-order valence-corrected chi connectivity index (χ4v) is 3.28. The van der Waals surface area contributed by atoms with Gasteiger partial charge in [0.05, 0.1) is 11.6 Å². The third-order valence-electron chi connectivity index (χ3n) is 2.98. The van der Waals surface area contributed by atoms with Crippen LogP contribution in [0.15, 0.2) is 12.1 Å². The molecule has 21 heavy (non-hydrogen) atoms. The molecule has 0 radical (unpaired) electrons. The summed E-state index contributed by atoms with van der Waals surface area (Å²) in [4.78, 5) is 0. The zero-order valence-electron chi connectivity index (χ0n) is 12.3. The van der Waals surface area contributed by atoms with Crippen LogP contribution >= 0.6 is 0 Å². The average molecular weight is 325 g/mol. The van der Waals surface area contributed by atoms with Crippen molar-refractivity contribution in [2.45, 2.75) is 39.9 Å². The molecule has 0 aliphatic heterocycles. The van der Waals surface area contributed by atoms with E-state index in [2.05, 4.69) is 4.72 Å². The number of benzene rings is 1. The van der Waals surface area contributed by atoms with E-state index < -0.39 is 35.0 Å². The summed E-state index contributed by atoms with van der Waals surface area (Å²) in [6.45, 7) is 6.64. The number of rotatable bonds is 5. The first-order valence-corrected chi connectivity index (χ1v) is 7.86. The summed E-state index contributed by atoms with van der Waals surface area (Å²) in [7, 11) is 0. The Morgan fingerprint density at radius 2 is 1.81 bits per heavy atom. The molecule has 0 bridgehead atoms. The quantitative estimate of drug-likeness (QED) is 0.653. The van der Waals surface area contributed by atoms with Crippen LogP contribution in [0.1, 0.15) is 43.5 Å². The molecule has 1 unspecified atom stereocenters. The molecule has 0 spiro atoms. The van der Waals surface area contributed by atoms with Crippen LogP contribution in [-0.2, 0) is 17.5 Å². The highest BCUT2D eigenvalue weighted by Gasteiger charge is 2.34. The second-order valence-corrected chi connectivity index (χ2v) is 6.67. The zero-order chi connectivity index (χ0) is 16.4. The third kappa shape index (κ3) is 5.16. The second-order valence-electron chi connectivity index (χ2n) is 5.41. The van der Waals surface area contributed by atoms with E-state index in [0.717, 1.165) is 6.07 Å². The van der Waals surface area contributed by atoms with Crippen LogP contribution in [0.2, 0.25) is 0 Å². The van der Waals surface area contributed by atoms with Crippen LogP contribution < -0.4 is 4.72 Å². The molecule has 2 atom stereocenters. The molecule has 0 saturated carbocycles. The van der Waals surface area contributed by atoms with Gasteiger partial charge in [0.1, 0.15) is 11.6 Å². The number of hydrogen-bond acceptors (Lipinski definition) is 2. The van der Waals surface area contributed by atoms with Gasteiger partial charge in [-0.1, -0.05) is 13.8 Å². The predicted octanol–water partition coefficient (Wildman–Crippen LogP) is 4.12. The highest BCUT2D eigenvalue weighted by Crippen LogP contribution is 2.35. The van der Waals surface area contributed by atoms with Crippen molar-refractivity contribution in [3.05, 3.63) is 34.6 Å². The number of nitrogens with one attached hydrogen (secondary N) is 1. The van der Waals surface area contributed by atoms with Crippen molar-refractivity contribution in [1.82, 2.24) is 4.72 Å². The van der Waals surface area contributed by atoms with E-state index in [9.17, 15) is 22.1 Å². The second kappa shape index (κ2) is 6.98. The summed E-state index contributed by atoms with van der Waals surface area (Å²) in [6, 6.07) is 0.896. The molecule has 0 aliphatic carbocycles. The fourth-order valence-electron chi connectivity index (χ4n) is 2.06. The lowest BCUT2D eigenvalue weighted by atomic mass is 9.97. The van der Waals surface area contributed by atoms with Gasteiger partial charge in [0.25, 0.3) is 0 Å². The Balaban J connectivity index is 3.05. The minimum Gasteiger partial charge on any atom is -0.598 e. The molecule has 0 saturated heterocycles. The first-order valence-electron chi connectivity index (χ1n) is 6.54. The van der Waals surface area contributed by atoms with Crippen LogP contribution in [0.25, 0.3) is 0 Å². The van der Waals surface area contributed by atoms with Gasteiger partial charge in [-0.05, 0) is 43.0 Å². The maximum Gasteiger partial charge on any atom is 0.416 e. The molecule has 120 valence electrons. The lowest BCUT2D eigenvalue weighted by Gasteiger charge is -2.21. The normalized spacial score (nSPS) is 15.3. The summed E-state index contributed by atoms with van der Waals surface area (Å²) < 4.78 is 66.5. The predicted molar refractivity (Wildman–Crippen MR) is 75.5 cm³/mol. The maximum absolute atomic E-state index is 13.4. The Hall–Kier alpha value is -0.790. The minimum atomic E-state index is -4.61. The van der Waals surface area contributed by atoms with Crippen molar-refractivity contribution >= 4 is 11.4 Å². The van der Waals surface area contributed by atoms with Crippen LogP contribution in [0.3, 0.4) is 0 Å². The van der Waals surface area contributed by atoms with Gasteiger partial charge in [-0.15, -0.1) is 4.72 Å². The van der Waals surface area contributed by atoms with Gasteiger partial charge in [0.2, 0.25) is 0 Å². The van der Waals surface area contributed by atoms with Gasteiger partial charge in [-0.25, -0.2) is 4.39 Å².